The van der Waals surface area contributed by atoms with Crippen LogP contribution in [-0.2, 0) is 50.0 Å². The van der Waals surface area contributed by atoms with Crippen molar-refractivity contribution in [3.8, 4) is 0 Å². The van der Waals surface area contributed by atoms with Crippen molar-refractivity contribution < 1.29 is 73.6 Å². The summed E-state index contributed by atoms with van der Waals surface area (Å²) >= 11 is 0. The SMILES string of the molecule is CCCCCCCCCCC(=O)N[C@H]1C(CC)OCC(NC(=O)Nc2cccc(C(F)(F)F)c2)[C@H]1O[C@@H]1OC2COC(c3ccccc3)O[C@@H]2[C@H](O[Si](c2ccccc2)(c2ccccc2)C(C)(C)C)C1OC(=O)Nc1cccc(C(F)(F)F)c1. The van der Waals surface area contributed by atoms with E-state index in [1.165, 1.54) is 12.1 Å². The van der Waals surface area contributed by atoms with E-state index < -0.39 is 110 Å². The number of anilines is 2. The number of carbonyl (C=O) groups excluding carboxylic acids is 3. The van der Waals surface area contributed by atoms with E-state index in [0.717, 1.165) is 91.7 Å². The first-order valence-corrected chi connectivity index (χ1v) is 30.8. The quantitative estimate of drug-likeness (QED) is 0.0298. The molecule has 10 atom stereocenters. The van der Waals surface area contributed by atoms with E-state index in [4.69, 9.17) is 32.8 Å². The van der Waals surface area contributed by atoms with Crippen LogP contribution in [-0.4, -0.2) is 94.6 Å². The zero-order chi connectivity index (χ0) is 60.1. The van der Waals surface area contributed by atoms with Gasteiger partial charge in [-0.25, -0.2) is 9.59 Å². The standard InChI is InChI=1S/C63H76F6N4O10Si/c1-6-8-9-10-11-12-13-23-36-51(74)73-52-49(7-2)77-39-48(72-59(75)70-44-30-24-28-42(37-44)62(64,65)66)53(52)80-58-56(82-60(76)71-45-31-25-29-43(38-45)63(67,68)69)55(54-50(79-58)40-78-57(81-54)41-26-17-14-18-27-41)83-84(61(3,4)5,46-32-19-15-20-33-46)47-34-21-16-22-35-47/h14-22,24-35,37-38,48-50,52-58H,6-13,23,36,39-40H2,1-5H3,(H,71,76)(H,73,74)(H2,70,72,75)/t48?,49?,50?,52-,53+,54-,55-,56?,57?,58-/m0/s1. The van der Waals surface area contributed by atoms with E-state index in [0.29, 0.717) is 18.4 Å². The summed E-state index contributed by atoms with van der Waals surface area (Å²) in [6.45, 7) is 9.77. The number of amides is 4. The lowest BCUT2D eigenvalue weighted by Gasteiger charge is -2.54. The maximum absolute atomic E-state index is 14.7. The second-order valence-corrected chi connectivity index (χ2v) is 26.8. The summed E-state index contributed by atoms with van der Waals surface area (Å²) in [7, 11) is -3.74. The zero-order valence-corrected chi connectivity index (χ0v) is 48.9. The molecule has 8 rings (SSSR count). The summed E-state index contributed by atoms with van der Waals surface area (Å²) in [6.07, 6.45) is -12.3. The van der Waals surface area contributed by atoms with Crippen LogP contribution in [0.1, 0.15) is 122 Å². The first kappa shape index (κ1) is 63.7. The van der Waals surface area contributed by atoms with Crippen molar-refractivity contribution in [3.05, 3.63) is 156 Å². The van der Waals surface area contributed by atoms with Crippen molar-refractivity contribution in [2.75, 3.05) is 23.8 Å². The van der Waals surface area contributed by atoms with Gasteiger partial charge in [-0.1, -0.05) is 183 Å². The number of unbranched alkanes of at least 4 members (excludes halogenated alkanes) is 7. The summed E-state index contributed by atoms with van der Waals surface area (Å²) in [5, 5.41) is 11.9. The van der Waals surface area contributed by atoms with E-state index in [2.05, 4.69) is 28.2 Å². The minimum absolute atomic E-state index is 0.126. The first-order valence-electron chi connectivity index (χ1n) is 28.9. The fourth-order valence-corrected chi connectivity index (χ4v) is 16.0. The van der Waals surface area contributed by atoms with Crippen molar-refractivity contribution >= 4 is 48.1 Å². The highest BCUT2D eigenvalue weighted by molar-refractivity contribution is 6.99. The number of fused-ring (bicyclic) bond motifs is 1. The highest BCUT2D eigenvalue weighted by Crippen LogP contribution is 2.44. The van der Waals surface area contributed by atoms with Gasteiger partial charge >= 0.3 is 24.5 Å². The van der Waals surface area contributed by atoms with E-state index >= 15 is 0 Å². The van der Waals surface area contributed by atoms with Gasteiger partial charge in [0.1, 0.15) is 24.4 Å². The fraction of sp³-hybridized carbons (Fsp3) is 0.476. The largest absolute Gasteiger partial charge is 0.438 e. The summed E-state index contributed by atoms with van der Waals surface area (Å²) in [4.78, 5) is 43.0. The number of hydrogen-bond donors (Lipinski definition) is 4. The molecule has 0 bridgehead atoms. The second kappa shape index (κ2) is 28.7. The molecule has 0 aromatic heterocycles. The molecule has 0 saturated carbocycles. The summed E-state index contributed by atoms with van der Waals surface area (Å²) in [6, 6.07) is 33.3. The maximum atomic E-state index is 14.7. The molecule has 4 amide bonds. The van der Waals surface area contributed by atoms with E-state index in [9.17, 15) is 40.7 Å². The molecule has 3 aliphatic heterocycles. The normalized spacial score (nSPS) is 23.8. The Hall–Kier alpha value is -6.33. The highest BCUT2D eigenvalue weighted by Gasteiger charge is 2.60. The molecule has 4 N–H and O–H groups in total. The third-order valence-corrected chi connectivity index (χ3v) is 20.5. The van der Waals surface area contributed by atoms with Crippen molar-refractivity contribution in [2.45, 2.75) is 178 Å². The Morgan fingerprint density at radius 3 is 1.73 bits per heavy atom. The summed E-state index contributed by atoms with van der Waals surface area (Å²) < 4.78 is 132. The molecular weight excluding hydrogens is 1110 g/mol. The molecule has 3 saturated heterocycles. The summed E-state index contributed by atoms with van der Waals surface area (Å²) in [5.41, 5.74) is -1.80. The number of carbonyl (C=O) groups is 3. The molecule has 5 aromatic rings. The number of benzene rings is 5. The average molecular weight is 1190 g/mol. The Morgan fingerprint density at radius 1 is 0.607 bits per heavy atom. The Kier molecular flexibility index (Phi) is 21.8. The lowest BCUT2D eigenvalue weighted by atomic mass is 9.92. The van der Waals surface area contributed by atoms with E-state index in [1.54, 1.807) is 0 Å². The second-order valence-electron chi connectivity index (χ2n) is 22.5. The van der Waals surface area contributed by atoms with Crippen LogP contribution in [0.3, 0.4) is 0 Å². The zero-order valence-electron chi connectivity index (χ0n) is 47.9. The lowest BCUT2D eigenvalue weighted by Crippen LogP contribution is -2.74. The Balaban J connectivity index is 1.24. The molecular formula is C63H76F6N4O10Si. The van der Waals surface area contributed by atoms with E-state index in [1.807, 2.05) is 119 Å². The number of urea groups is 1. The molecule has 3 heterocycles. The third kappa shape index (κ3) is 16.1. The van der Waals surface area contributed by atoms with Gasteiger partial charge in [-0.3, -0.25) is 10.1 Å². The molecule has 5 unspecified atom stereocenters. The molecule has 454 valence electrons. The molecule has 0 aliphatic carbocycles. The third-order valence-electron chi connectivity index (χ3n) is 15.4. The van der Waals surface area contributed by atoms with Crippen molar-refractivity contribution in [1.82, 2.24) is 10.6 Å². The lowest BCUT2D eigenvalue weighted by molar-refractivity contribution is -0.366. The number of hydrogen-bond acceptors (Lipinski definition) is 10. The first-order chi connectivity index (χ1) is 40.2. The molecule has 14 nitrogen and oxygen atoms in total. The Bertz CT molecular complexity index is 2870. The molecule has 3 fully saturated rings. The number of nitrogens with one attached hydrogen (secondary N) is 4. The highest BCUT2D eigenvalue weighted by atomic mass is 28.4. The Morgan fingerprint density at radius 2 is 1.17 bits per heavy atom. The predicted molar refractivity (Wildman–Crippen MR) is 308 cm³/mol. The van der Waals surface area contributed by atoms with Crippen molar-refractivity contribution in [2.24, 2.45) is 0 Å². The number of ether oxygens (including phenoxy) is 6. The monoisotopic (exact) mass is 1190 g/mol. The van der Waals surface area contributed by atoms with Crippen LogP contribution in [0, 0.1) is 0 Å². The van der Waals surface area contributed by atoms with E-state index in [-0.39, 0.29) is 36.9 Å². The van der Waals surface area contributed by atoms with Gasteiger partial charge in [0, 0.05) is 23.4 Å². The van der Waals surface area contributed by atoms with Crippen molar-refractivity contribution in [1.29, 1.82) is 0 Å². The van der Waals surface area contributed by atoms with Gasteiger partial charge in [-0.15, -0.1) is 0 Å². The van der Waals surface area contributed by atoms with Crippen LogP contribution < -0.4 is 31.6 Å². The van der Waals surface area contributed by atoms with Crippen LogP contribution in [0.25, 0.3) is 0 Å². The van der Waals surface area contributed by atoms with Crippen LogP contribution >= 0.6 is 0 Å². The van der Waals surface area contributed by atoms with Gasteiger partial charge in [-0.2, -0.15) is 26.3 Å². The van der Waals surface area contributed by atoms with Gasteiger partial charge in [0.05, 0.1) is 42.5 Å². The van der Waals surface area contributed by atoms with Crippen LogP contribution in [0.15, 0.2) is 140 Å². The number of halogens is 6. The molecule has 21 heteroatoms. The fourth-order valence-electron chi connectivity index (χ4n) is 11.3. The van der Waals surface area contributed by atoms with Gasteiger partial charge in [-0.05, 0) is 64.7 Å². The molecule has 5 aromatic carbocycles. The average Bonchev–Trinajstić information content (AvgIpc) is 0.811. The van der Waals surface area contributed by atoms with Gasteiger partial charge in [0.15, 0.2) is 18.7 Å². The van der Waals surface area contributed by atoms with Gasteiger partial charge in [0.2, 0.25) is 5.91 Å². The minimum atomic E-state index is -4.76. The number of rotatable bonds is 22. The molecule has 0 radical (unpaired) electrons. The summed E-state index contributed by atoms with van der Waals surface area (Å²) in [5.74, 6) is -0.345. The topological polar surface area (TPSA) is 164 Å². The van der Waals surface area contributed by atoms with Gasteiger partial charge < -0.3 is 48.8 Å². The predicted octanol–water partition coefficient (Wildman–Crippen LogP) is 12.8. The number of alkyl halides is 6. The van der Waals surface area contributed by atoms with Crippen molar-refractivity contribution in [3.63, 3.8) is 0 Å². The van der Waals surface area contributed by atoms with Crippen LogP contribution in [0.2, 0.25) is 5.04 Å². The molecule has 0 spiro atoms. The minimum Gasteiger partial charge on any atom is -0.438 e. The van der Waals surface area contributed by atoms with Crippen LogP contribution in [0.4, 0.5) is 47.3 Å². The maximum Gasteiger partial charge on any atom is 0.416 e. The molecule has 3 aliphatic rings. The van der Waals surface area contributed by atoms with Crippen LogP contribution in [0.5, 0.6) is 0 Å². The Labute approximate surface area is 488 Å². The molecule has 84 heavy (non-hydrogen) atoms. The van der Waals surface area contributed by atoms with Gasteiger partial charge in [0.25, 0.3) is 8.32 Å². The smallest absolute Gasteiger partial charge is 0.416 e.